The molecule has 3 heteroatoms. The van der Waals surface area contributed by atoms with E-state index < -0.39 is 0 Å². The second-order valence-corrected chi connectivity index (χ2v) is 3.16. The molecule has 1 rings (SSSR count). The van der Waals surface area contributed by atoms with Crippen molar-refractivity contribution in [1.82, 2.24) is 0 Å². The lowest BCUT2D eigenvalue weighted by atomic mass is 10.1. The van der Waals surface area contributed by atoms with Crippen LogP contribution in [0.2, 0.25) is 0 Å². The zero-order valence-electron chi connectivity index (χ0n) is 8.61. The average molecular weight is 191 g/mol. The summed E-state index contributed by atoms with van der Waals surface area (Å²) in [7, 11) is 0. The maximum Gasteiger partial charge on any atom is 0.0346 e. The smallest absolute Gasteiger partial charge is 0.0346 e. The van der Waals surface area contributed by atoms with Gasteiger partial charge >= 0.3 is 0 Å². The molecule has 0 unspecified atom stereocenters. The molecule has 76 valence electrons. The number of nitrogen functional groups attached to an aromatic ring is 1. The van der Waals surface area contributed by atoms with Crippen LogP contribution in [0.3, 0.4) is 0 Å². The lowest BCUT2D eigenvalue weighted by Crippen LogP contribution is -1.93. The highest BCUT2D eigenvalue weighted by atomic mass is 14.6. The first kappa shape index (κ1) is 12.4. The minimum Gasteiger partial charge on any atom is -0.399 e. The summed E-state index contributed by atoms with van der Waals surface area (Å²) in [5, 5.41) is 12.0. The Hall–Kier alpha value is -1.56. The number of rotatable bonds is 4. The topological polar surface area (TPSA) is 73.6 Å². The molecule has 0 saturated heterocycles. The molecule has 0 spiro atoms. The highest BCUT2D eigenvalue weighted by molar-refractivity contribution is 5.46. The molecule has 2 N–H and O–H groups in total. The molecule has 1 aromatic rings. The van der Waals surface area contributed by atoms with E-state index in [9.17, 15) is 0 Å². The molecule has 0 aliphatic carbocycles. The molecule has 0 fully saturated rings. The van der Waals surface area contributed by atoms with Crippen LogP contribution in [0.4, 0.5) is 5.69 Å². The number of hydrogen-bond acceptors (Lipinski definition) is 3. The highest BCUT2D eigenvalue weighted by Gasteiger charge is 1.95. The van der Waals surface area contributed by atoms with Crippen LogP contribution in [0.1, 0.15) is 31.7 Å². The second-order valence-electron chi connectivity index (χ2n) is 3.16. The van der Waals surface area contributed by atoms with Crippen molar-refractivity contribution in [3.63, 3.8) is 0 Å². The maximum atomic E-state index is 6.00. The Morgan fingerprint density at radius 3 is 2.36 bits per heavy atom. The molecule has 0 bridgehead atoms. The largest absolute Gasteiger partial charge is 0.399 e. The Labute approximate surface area is 85.4 Å². The van der Waals surface area contributed by atoms with E-state index >= 15 is 0 Å². The van der Waals surface area contributed by atoms with Gasteiger partial charge in [-0.25, -0.2) is 0 Å². The first-order chi connectivity index (χ1) is 6.84. The molecular formula is C11H17N3. The normalized spacial score (nSPS) is 8.79. The summed E-state index contributed by atoms with van der Waals surface area (Å²) in [4.78, 5) is 0. The molecule has 0 aromatic heterocycles. The monoisotopic (exact) mass is 191 g/mol. The van der Waals surface area contributed by atoms with Crippen molar-refractivity contribution in [2.45, 2.75) is 32.6 Å². The van der Waals surface area contributed by atoms with Crippen LogP contribution in [0, 0.1) is 10.8 Å². The van der Waals surface area contributed by atoms with E-state index in [1.54, 1.807) is 0 Å². The number of anilines is 1. The van der Waals surface area contributed by atoms with Gasteiger partial charge in [-0.3, -0.25) is 0 Å². The van der Waals surface area contributed by atoms with E-state index in [2.05, 4.69) is 19.1 Å². The molecule has 0 atom stereocenters. The van der Waals surface area contributed by atoms with Crippen molar-refractivity contribution in [3.8, 4) is 0 Å². The van der Waals surface area contributed by atoms with Crippen LogP contribution in [0.25, 0.3) is 0 Å². The number of para-hydroxylation sites is 1. The Morgan fingerprint density at radius 2 is 1.79 bits per heavy atom. The average Bonchev–Trinajstić information content (AvgIpc) is 2.24. The van der Waals surface area contributed by atoms with Gasteiger partial charge in [0.2, 0.25) is 0 Å². The van der Waals surface area contributed by atoms with Crippen molar-refractivity contribution in [3.05, 3.63) is 29.8 Å². The minimum absolute atomic E-state index is 0.939. The van der Waals surface area contributed by atoms with Crippen LogP contribution < -0.4 is 5.73 Å². The van der Waals surface area contributed by atoms with E-state index in [4.69, 9.17) is 16.5 Å². The van der Waals surface area contributed by atoms with Gasteiger partial charge in [-0.2, -0.15) is 0 Å². The van der Waals surface area contributed by atoms with Crippen LogP contribution in [-0.2, 0) is 6.42 Å². The van der Waals surface area contributed by atoms with E-state index in [0.29, 0.717) is 0 Å². The Kier molecular flexibility index (Phi) is 7.16. The van der Waals surface area contributed by atoms with Gasteiger partial charge in [-0.1, -0.05) is 38.0 Å². The lowest BCUT2D eigenvalue weighted by Gasteiger charge is -2.03. The molecule has 3 nitrogen and oxygen atoms in total. The third kappa shape index (κ3) is 4.46. The van der Waals surface area contributed by atoms with Gasteiger partial charge in [-0.15, -0.1) is 0 Å². The zero-order chi connectivity index (χ0) is 10.8. The van der Waals surface area contributed by atoms with Gasteiger partial charge < -0.3 is 5.73 Å². The van der Waals surface area contributed by atoms with Crippen molar-refractivity contribution < 1.29 is 0 Å². The number of aryl methyl sites for hydroxylation is 1. The molecule has 0 radical (unpaired) electrons. The fraction of sp³-hybridized carbons (Fsp3) is 0.455. The summed E-state index contributed by atoms with van der Waals surface area (Å²) in [6.07, 6.45) is 4.95. The summed E-state index contributed by atoms with van der Waals surface area (Å²) in [5.74, 6) is 0. The van der Waals surface area contributed by atoms with Crippen LogP contribution in [0.5, 0.6) is 0 Å². The highest BCUT2D eigenvalue weighted by Crippen LogP contribution is 2.13. The Balaban J connectivity index is 0.000000791. The van der Waals surface area contributed by atoms with Gasteiger partial charge in [0.25, 0.3) is 0 Å². The molecular weight excluding hydrogens is 174 g/mol. The SMILES string of the molecule is CCCCCc1ccccc1N.N#N. The second kappa shape index (κ2) is 8.06. The summed E-state index contributed by atoms with van der Waals surface area (Å²) in [6, 6.07) is 8.13. The molecule has 0 amide bonds. The van der Waals surface area contributed by atoms with Crippen molar-refractivity contribution in [1.29, 1.82) is 10.8 Å². The zero-order valence-corrected chi connectivity index (χ0v) is 8.61. The number of nitrogens with zero attached hydrogens (tertiary/aromatic N) is 2. The first-order valence-electron chi connectivity index (χ1n) is 4.88. The van der Waals surface area contributed by atoms with Gasteiger partial charge in [-0.05, 0) is 24.5 Å². The number of benzene rings is 1. The van der Waals surface area contributed by atoms with E-state index in [1.165, 1.54) is 24.8 Å². The van der Waals surface area contributed by atoms with E-state index in [0.717, 1.165) is 12.1 Å². The fourth-order valence-corrected chi connectivity index (χ4v) is 1.33. The van der Waals surface area contributed by atoms with Gasteiger partial charge in [0.15, 0.2) is 0 Å². The number of hydrogen-bond donors (Lipinski definition) is 1. The number of nitrogens with two attached hydrogens (primary N) is 1. The van der Waals surface area contributed by atoms with Crippen LogP contribution >= 0.6 is 0 Å². The van der Waals surface area contributed by atoms with E-state index in [-0.39, 0.29) is 0 Å². The van der Waals surface area contributed by atoms with Crippen LogP contribution in [-0.4, -0.2) is 0 Å². The standard InChI is InChI=1S/C11H17N.N2/c1-2-3-4-7-10-8-5-6-9-11(10)12;1-2/h5-6,8-9H,2-4,7,12H2,1H3;. The molecule has 0 saturated carbocycles. The Morgan fingerprint density at radius 1 is 1.14 bits per heavy atom. The fourth-order valence-electron chi connectivity index (χ4n) is 1.33. The molecule has 14 heavy (non-hydrogen) atoms. The first-order valence-corrected chi connectivity index (χ1v) is 4.88. The van der Waals surface area contributed by atoms with Gasteiger partial charge in [0.05, 0.1) is 0 Å². The van der Waals surface area contributed by atoms with Crippen molar-refractivity contribution in [2.24, 2.45) is 0 Å². The Bertz CT molecular complexity index is 268. The van der Waals surface area contributed by atoms with Crippen molar-refractivity contribution >= 4 is 5.69 Å². The quantitative estimate of drug-likeness (QED) is 0.451. The predicted molar refractivity (Wildman–Crippen MR) is 57.5 cm³/mol. The lowest BCUT2D eigenvalue weighted by molar-refractivity contribution is 0.718. The van der Waals surface area contributed by atoms with Crippen LogP contribution in [0.15, 0.2) is 24.3 Å². The molecule has 0 heterocycles. The third-order valence-electron chi connectivity index (χ3n) is 2.10. The minimum atomic E-state index is 0.939. The maximum absolute atomic E-state index is 6.00. The summed E-state index contributed by atoms with van der Waals surface area (Å²) in [6.45, 7) is 2.22. The van der Waals surface area contributed by atoms with Gasteiger partial charge in [0, 0.05) is 16.5 Å². The number of unbranched alkanes of at least 4 members (excludes halogenated alkanes) is 2. The van der Waals surface area contributed by atoms with Gasteiger partial charge in [0.1, 0.15) is 0 Å². The summed E-state index contributed by atoms with van der Waals surface area (Å²) >= 11 is 0. The summed E-state index contributed by atoms with van der Waals surface area (Å²) in [5.41, 5.74) is 8.04. The third-order valence-corrected chi connectivity index (χ3v) is 2.10. The predicted octanol–water partition coefficient (Wildman–Crippen LogP) is 3.03. The van der Waals surface area contributed by atoms with E-state index in [1.807, 2.05) is 12.1 Å². The summed E-state index contributed by atoms with van der Waals surface area (Å²) < 4.78 is 0. The molecule has 0 aliphatic rings. The molecule has 0 aliphatic heterocycles. The van der Waals surface area contributed by atoms with Crippen molar-refractivity contribution in [2.75, 3.05) is 5.73 Å². The molecule has 1 aromatic carbocycles.